The number of hydrogen-bond acceptors (Lipinski definition) is 4. The number of carbonyl (C=O) groups is 1. The minimum absolute atomic E-state index is 0.343. The predicted octanol–water partition coefficient (Wildman–Crippen LogP) is 1.96. The Morgan fingerprint density at radius 3 is 2.68 bits per heavy atom. The lowest BCUT2D eigenvalue weighted by Crippen LogP contribution is -2.10. The van der Waals surface area contributed by atoms with E-state index in [0.717, 1.165) is 12.0 Å². The summed E-state index contributed by atoms with van der Waals surface area (Å²) in [5.41, 5.74) is 0.703. The smallest absolute Gasteiger partial charge is 0.423 e. The van der Waals surface area contributed by atoms with Crippen molar-refractivity contribution in [3.8, 4) is 11.4 Å². The van der Waals surface area contributed by atoms with Crippen molar-refractivity contribution in [1.29, 1.82) is 0 Å². The van der Waals surface area contributed by atoms with Gasteiger partial charge in [0.05, 0.1) is 18.5 Å². The standard InChI is InChI=1S/C14H15NO4/c1-2-18-12-7-5-11(6-8-12)15-10-13(4-3-9-16)19-14(15)17/h5-10H,2-4H2,1H3. The van der Waals surface area contributed by atoms with Crippen LogP contribution in [0.4, 0.5) is 0 Å². The Kier molecular flexibility index (Phi) is 4.18. The fourth-order valence-corrected chi connectivity index (χ4v) is 1.75. The lowest BCUT2D eigenvalue weighted by molar-refractivity contribution is -0.107. The molecule has 1 aromatic carbocycles. The maximum atomic E-state index is 11.7. The van der Waals surface area contributed by atoms with Crippen molar-refractivity contribution in [3.05, 3.63) is 46.8 Å². The summed E-state index contributed by atoms with van der Waals surface area (Å²) < 4.78 is 11.8. The molecule has 2 rings (SSSR count). The van der Waals surface area contributed by atoms with Gasteiger partial charge in [-0.15, -0.1) is 0 Å². The van der Waals surface area contributed by atoms with Crippen molar-refractivity contribution in [2.45, 2.75) is 19.8 Å². The third-order valence-electron chi connectivity index (χ3n) is 2.62. The monoisotopic (exact) mass is 261 g/mol. The van der Waals surface area contributed by atoms with E-state index in [4.69, 9.17) is 9.15 Å². The summed E-state index contributed by atoms with van der Waals surface area (Å²) in [5.74, 6) is 0.806. The van der Waals surface area contributed by atoms with Crippen LogP contribution in [0.2, 0.25) is 0 Å². The molecule has 0 fully saturated rings. The van der Waals surface area contributed by atoms with E-state index in [-0.39, 0.29) is 0 Å². The molecular formula is C14H15NO4. The van der Waals surface area contributed by atoms with Gasteiger partial charge < -0.3 is 13.9 Å². The van der Waals surface area contributed by atoms with E-state index in [2.05, 4.69) is 0 Å². The number of nitrogens with zero attached hydrogens (tertiary/aromatic N) is 1. The van der Waals surface area contributed by atoms with E-state index >= 15 is 0 Å². The highest BCUT2D eigenvalue weighted by atomic mass is 16.5. The molecule has 100 valence electrons. The highest BCUT2D eigenvalue weighted by Gasteiger charge is 2.07. The van der Waals surface area contributed by atoms with Crippen LogP contribution in [0.3, 0.4) is 0 Å². The average molecular weight is 261 g/mol. The van der Waals surface area contributed by atoms with Crippen LogP contribution in [0, 0.1) is 0 Å². The molecule has 0 saturated heterocycles. The lowest BCUT2D eigenvalue weighted by Gasteiger charge is -2.04. The Morgan fingerprint density at radius 1 is 1.32 bits per heavy atom. The first-order valence-electron chi connectivity index (χ1n) is 6.13. The summed E-state index contributed by atoms with van der Waals surface area (Å²) in [7, 11) is 0. The second kappa shape index (κ2) is 6.04. The molecule has 0 aliphatic carbocycles. The second-order valence-electron chi connectivity index (χ2n) is 3.97. The molecule has 0 radical (unpaired) electrons. The van der Waals surface area contributed by atoms with Crippen LogP contribution < -0.4 is 10.5 Å². The number of benzene rings is 1. The van der Waals surface area contributed by atoms with Gasteiger partial charge in [-0.2, -0.15) is 0 Å². The van der Waals surface area contributed by atoms with Crippen LogP contribution in [0.1, 0.15) is 19.1 Å². The first kappa shape index (κ1) is 13.1. The third kappa shape index (κ3) is 3.13. The number of rotatable bonds is 6. The first-order valence-corrected chi connectivity index (χ1v) is 6.13. The van der Waals surface area contributed by atoms with E-state index in [1.165, 1.54) is 4.57 Å². The van der Waals surface area contributed by atoms with E-state index in [0.29, 0.717) is 30.9 Å². The highest BCUT2D eigenvalue weighted by molar-refractivity contribution is 5.49. The molecule has 2 aromatic rings. The van der Waals surface area contributed by atoms with Gasteiger partial charge in [-0.05, 0) is 31.2 Å². The van der Waals surface area contributed by atoms with Crippen molar-refractivity contribution < 1.29 is 13.9 Å². The molecule has 0 N–H and O–H groups in total. The van der Waals surface area contributed by atoms with Crippen LogP contribution >= 0.6 is 0 Å². The van der Waals surface area contributed by atoms with E-state index in [1.54, 1.807) is 30.5 Å². The van der Waals surface area contributed by atoms with Gasteiger partial charge in [-0.3, -0.25) is 0 Å². The second-order valence-corrected chi connectivity index (χ2v) is 3.97. The molecule has 1 aromatic heterocycles. The maximum absolute atomic E-state index is 11.7. The molecule has 5 nitrogen and oxygen atoms in total. The molecular weight excluding hydrogens is 246 g/mol. The van der Waals surface area contributed by atoms with Crippen LogP contribution in [0.15, 0.2) is 39.7 Å². The van der Waals surface area contributed by atoms with Gasteiger partial charge in [-0.1, -0.05) is 0 Å². The largest absolute Gasteiger partial charge is 0.494 e. The van der Waals surface area contributed by atoms with Gasteiger partial charge in [0, 0.05) is 12.8 Å². The molecule has 0 atom stereocenters. The van der Waals surface area contributed by atoms with Crippen molar-refractivity contribution >= 4 is 6.29 Å². The van der Waals surface area contributed by atoms with Crippen LogP contribution in [-0.2, 0) is 11.2 Å². The molecule has 0 saturated carbocycles. The van der Waals surface area contributed by atoms with Crippen molar-refractivity contribution in [2.24, 2.45) is 0 Å². The summed E-state index contributed by atoms with van der Waals surface area (Å²) in [6.45, 7) is 2.51. The lowest BCUT2D eigenvalue weighted by atomic mass is 10.3. The molecule has 0 unspecified atom stereocenters. The summed E-state index contributed by atoms with van der Waals surface area (Å²) >= 11 is 0. The third-order valence-corrected chi connectivity index (χ3v) is 2.62. The predicted molar refractivity (Wildman–Crippen MR) is 69.9 cm³/mol. The Balaban J connectivity index is 2.23. The Morgan fingerprint density at radius 2 is 2.05 bits per heavy atom. The van der Waals surface area contributed by atoms with E-state index in [1.807, 2.05) is 6.92 Å². The van der Waals surface area contributed by atoms with Crippen LogP contribution in [0.25, 0.3) is 5.69 Å². The zero-order chi connectivity index (χ0) is 13.7. The number of carbonyl (C=O) groups excluding carboxylic acids is 1. The number of ether oxygens (including phenoxy) is 1. The first-order chi connectivity index (χ1) is 9.24. The van der Waals surface area contributed by atoms with Crippen molar-refractivity contribution in [2.75, 3.05) is 6.61 Å². The highest BCUT2D eigenvalue weighted by Crippen LogP contribution is 2.15. The molecule has 0 aliphatic heterocycles. The number of hydrogen-bond donors (Lipinski definition) is 0. The maximum Gasteiger partial charge on any atom is 0.423 e. The summed E-state index contributed by atoms with van der Waals surface area (Å²) in [5, 5.41) is 0. The molecule has 1 heterocycles. The van der Waals surface area contributed by atoms with Gasteiger partial charge in [-0.25, -0.2) is 9.36 Å². The number of aryl methyl sites for hydroxylation is 1. The summed E-state index contributed by atoms with van der Waals surface area (Å²) in [4.78, 5) is 22.0. The fraction of sp³-hybridized carbons (Fsp3) is 0.286. The topological polar surface area (TPSA) is 61.4 Å². The quantitative estimate of drug-likeness (QED) is 0.746. The van der Waals surface area contributed by atoms with Gasteiger partial charge in [0.15, 0.2) is 0 Å². The van der Waals surface area contributed by atoms with Crippen molar-refractivity contribution in [3.63, 3.8) is 0 Å². The van der Waals surface area contributed by atoms with Gasteiger partial charge in [0.25, 0.3) is 0 Å². The van der Waals surface area contributed by atoms with Crippen LogP contribution in [0.5, 0.6) is 5.75 Å². The van der Waals surface area contributed by atoms with Crippen molar-refractivity contribution in [1.82, 2.24) is 4.57 Å². The van der Waals surface area contributed by atoms with E-state index < -0.39 is 5.76 Å². The Hall–Kier alpha value is -2.30. The van der Waals surface area contributed by atoms with E-state index in [9.17, 15) is 9.59 Å². The minimum atomic E-state index is -0.454. The van der Waals surface area contributed by atoms with Gasteiger partial charge in [0.1, 0.15) is 17.8 Å². The zero-order valence-corrected chi connectivity index (χ0v) is 10.7. The zero-order valence-electron chi connectivity index (χ0n) is 10.7. The molecule has 0 amide bonds. The number of aldehydes is 1. The molecule has 0 spiro atoms. The van der Waals surface area contributed by atoms with Crippen LogP contribution in [-0.4, -0.2) is 17.5 Å². The van der Waals surface area contributed by atoms with Gasteiger partial charge >= 0.3 is 5.76 Å². The Labute approximate surface area is 110 Å². The number of aromatic nitrogens is 1. The molecule has 5 heteroatoms. The number of oxazole rings is 1. The minimum Gasteiger partial charge on any atom is -0.494 e. The summed E-state index contributed by atoms with van der Waals surface area (Å²) in [6, 6.07) is 7.16. The Bertz CT molecular complexity index is 595. The average Bonchev–Trinajstić information content (AvgIpc) is 2.79. The molecule has 0 bridgehead atoms. The fourth-order valence-electron chi connectivity index (χ4n) is 1.75. The summed E-state index contributed by atoms with van der Waals surface area (Å²) in [6.07, 6.45) is 3.19. The van der Waals surface area contributed by atoms with Gasteiger partial charge in [0.2, 0.25) is 0 Å². The molecule has 19 heavy (non-hydrogen) atoms. The SMILES string of the molecule is CCOc1ccc(-n2cc(CCC=O)oc2=O)cc1. The normalized spacial score (nSPS) is 10.4. The molecule has 0 aliphatic rings.